The molecular formula is C14H14FNO2. The number of H-pyrrole nitrogens is 1. The molecule has 18 heavy (non-hydrogen) atoms. The normalized spacial score (nSPS) is 10.6. The molecule has 1 heterocycles. The zero-order chi connectivity index (χ0) is 13.1. The Hall–Kier alpha value is -1.94. The highest BCUT2D eigenvalue weighted by molar-refractivity contribution is 5.67. The molecule has 2 rings (SSSR count). The lowest BCUT2D eigenvalue weighted by atomic mass is 9.97. The Labute approximate surface area is 104 Å². The molecule has 1 aromatic heterocycles. The molecule has 1 aromatic carbocycles. The minimum atomic E-state index is -0.315. The predicted molar refractivity (Wildman–Crippen MR) is 67.8 cm³/mol. The first kappa shape index (κ1) is 12.5. The number of aliphatic hydroxyl groups is 1. The maximum Gasteiger partial charge on any atom is 0.251 e. The van der Waals surface area contributed by atoms with Crippen molar-refractivity contribution in [2.75, 3.05) is 0 Å². The summed E-state index contributed by atoms with van der Waals surface area (Å²) in [6.45, 7) is 1.65. The number of benzene rings is 1. The van der Waals surface area contributed by atoms with E-state index in [-0.39, 0.29) is 18.0 Å². The highest BCUT2D eigenvalue weighted by Crippen LogP contribution is 2.24. The van der Waals surface area contributed by atoms with Gasteiger partial charge in [-0.2, -0.15) is 0 Å². The standard InChI is InChI=1S/C14H14FNO2/c1-2-11-13(8-17)12(7-16-14(11)18)9-3-5-10(15)6-4-9/h3-7,17H,2,8H2,1H3,(H,16,18). The van der Waals surface area contributed by atoms with Gasteiger partial charge >= 0.3 is 0 Å². The molecule has 0 bridgehead atoms. The average Bonchev–Trinajstić information content (AvgIpc) is 2.39. The zero-order valence-electron chi connectivity index (χ0n) is 10.0. The molecule has 0 saturated carbocycles. The van der Waals surface area contributed by atoms with E-state index in [0.717, 1.165) is 11.1 Å². The number of halogens is 1. The van der Waals surface area contributed by atoms with Crippen LogP contribution < -0.4 is 5.56 Å². The number of aromatic nitrogens is 1. The Morgan fingerprint density at radius 2 is 1.89 bits per heavy atom. The summed E-state index contributed by atoms with van der Waals surface area (Å²) in [6, 6.07) is 5.96. The lowest BCUT2D eigenvalue weighted by molar-refractivity contribution is 0.281. The maximum atomic E-state index is 12.9. The van der Waals surface area contributed by atoms with Crippen molar-refractivity contribution in [1.29, 1.82) is 0 Å². The van der Waals surface area contributed by atoms with Crippen molar-refractivity contribution in [2.45, 2.75) is 20.0 Å². The molecule has 0 saturated heterocycles. The van der Waals surface area contributed by atoms with E-state index >= 15 is 0 Å². The van der Waals surface area contributed by atoms with Crippen LogP contribution in [0.1, 0.15) is 18.1 Å². The highest BCUT2D eigenvalue weighted by Gasteiger charge is 2.11. The molecule has 4 heteroatoms. The van der Waals surface area contributed by atoms with Crippen molar-refractivity contribution in [3.63, 3.8) is 0 Å². The van der Waals surface area contributed by atoms with Crippen LogP contribution in [0.15, 0.2) is 35.3 Å². The van der Waals surface area contributed by atoms with E-state index < -0.39 is 0 Å². The minimum Gasteiger partial charge on any atom is -0.392 e. The molecule has 0 amide bonds. The van der Waals surface area contributed by atoms with E-state index in [4.69, 9.17) is 0 Å². The van der Waals surface area contributed by atoms with Crippen molar-refractivity contribution >= 4 is 0 Å². The average molecular weight is 247 g/mol. The van der Waals surface area contributed by atoms with Gasteiger partial charge in [-0.15, -0.1) is 0 Å². The second kappa shape index (κ2) is 5.14. The molecule has 0 spiro atoms. The Kier molecular flexibility index (Phi) is 3.58. The summed E-state index contributed by atoms with van der Waals surface area (Å²) in [7, 11) is 0. The van der Waals surface area contributed by atoms with Crippen LogP contribution in [0, 0.1) is 5.82 Å². The minimum absolute atomic E-state index is 0.188. The van der Waals surface area contributed by atoms with Gasteiger partial charge in [-0.3, -0.25) is 4.79 Å². The number of pyridine rings is 1. The van der Waals surface area contributed by atoms with Gasteiger partial charge in [0.1, 0.15) is 5.82 Å². The number of hydrogen-bond acceptors (Lipinski definition) is 2. The topological polar surface area (TPSA) is 53.1 Å². The van der Waals surface area contributed by atoms with E-state index in [2.05, 4.69) is 4.98 Å². The van der Waals surface area contributed by atoms with E-state index in [1.54, 1.807) is 18.3 Å². The summed E-state index contributed by atoms with van der Waals surface area (Å²) >= 11 is 0. The summed E-state index contributed by atoms with van der Waals surface area (Å²) in [5, 5.41) is 9.44. The van der Waals surface area contributed by atoms with Crippen LogP contribution in [-0.4, -0.2) is 10.1 Å². The molecule has 0 fully saturated rings. The Bertz CT molecular complexity index is 602. The number of rotatable bonds is 3. The van der Waals surface area contributed by atoms with Gasteiger partial charge in [0, 0.05) is 17.3 Å². The monoisotopic (exact) mass is 247 g/mol. The molecule has 2 aromatic rings. The van der Waals surface area contributed by atoms with Crippen LogP contribution >= 0.6 is 0 Å². The van der Waals surface area contributed by atoms with Crippen molar-refractivity contribution in [3.8, 4) is 11.1 Å². The van der Waals surface area contributed by atoms with Crippen LogP contribution in [0.4, 0.5) is 4.39 Å². The quantitative estimate of drug-likeness (QED) is 0.874. The van der Waals surface area contributed by atoms with Crippen LogP contribution in [0.2, 0.25) is 0 Å². The van der Waals surface area contributed by atoms with E-state index in [0.29, 0.717) is 17.5 Å². The number of aliphatic hydroxyl groups excluding tert-OH is 1. The van der Waals surface area contributed by atoms with E-state index in [1.807, 2.05) is 6.92 Å². The Morgan fingerprint density at radius 1 is 1.22 bits per heavy atom. The van der Waals surface area contributed by atoms with Gasteiger partial charge in [-0.25, -0.2) is 4.39 Å². The van der Waals surface area contributed by atoms with Gasteiger partial charge in [0.05, 0.1) is 6.61 Å². The fraction of sp³-hybridized carbons (Fsp3) is 0.214. The van der Waals surface area contributed by atoms with Gasteiger partial charge in [0.2, 0.25) is 0 Å². The lowest BCUT2D eigenvalue weighted by Gasteiger charge is -2.11. The third-order valence-electron chi connectivity index (χ3n) is 2.98. The van der Waals surface area contributed by atoms with E-state index in [1.165, 1.54) is 12.1 Å². The molecule has 94 valence electrons. The first-order chi connectivity index (χ1) is 8.67. The fourth-order valence-electron chi connectivity index (χ4n) is 2.05. The van der Waals surface area contributed by atoms with Crippen LogP contribution in [0.25, 0.3) is 11.1 Å². The molecule has 0 unspecified atom stereocenters. The molecule has 0 aliphatic heterocycles. The molecule has 0 radical (unpaired) electrons. The van der Waals surface area contributed by atoms with Crippen molar-refractivity contribution in [3.05, 3.63) is 57.8 Å². The van der Waals surface area contributed by atoms with Gasteiger partial charge in [-0.05, 0) is 29.7 Å². The maximum absolute atomic E-state index is 12.9. The first-order valence-electron chi connectivity index (χ1n) is 5.77. The van der Waals surface area contributed by atoms with Crippen molar-refractivity contribution in [1.82, 2.24) is 4.98 Å². The number of hydrogen-bond donors (Lipinski definition) is 2. The summed E-state index contributed by atoms with van der Waals surface area (Å²) in [6.07, 6.45) is 2.10. The third-order valence-corrected chi connectivity index (χ3v) is 2.98. The molecule has 0 atom stereocenters. The van der Waals surface area contributed by atoms with Gasteiger partial charge in [0.25, 0.3) is 5.56 Å². The molecule has 2 N–H and O–H groups in total. The largest absolute Gasteiger partial charge is 0.392 e. The predicted octanol–water partition coefficient (Wildman–Crippen LogP) is 2.24. The first-order valence-corrected chi connectivity index (χ1v) is 5.77. The zero-order valence-corrected chi connectivity index (χ0v) is 10.0. The van der Waals surface area contributed by atoms with Crippen LogP contribution in [0.5, 0.6) is 0 Å². The Balaban J connectivity index is 2.64. The van der Waals surface area contributed by atoms with Crippen LogP contribution in [-0.2, 0) is 13.0 Å². The van der Waals surface area contributed by atoms with Gasteiger partial charge in [0.15, 0.2) is 0 Å². The molecular weight excluding hydrogens is 233 g/mol. The van der Waals surface area contributed by atoms with E-state index in [9.17, 15) is 14.3 Å². The van der Waals surface area contributed by atoms with Crippen molar-refractivity contribution < 1.29 is 9.50 Å². The molecule has 0 aliphatic rings. The summed E-state index contributed by atoms with van der Waals surface area (Å²) in [4.78, 5) is 14.3. The summed E-state index contributed by atoms with van der Waals surface area (Å²) < 4.78 is 12.9. The van der Waals surface area contributed by atoms with Crippen LogP contribution in [0.3, 0.4) is 0 Å². The molecule has 3 nitrogen and oxygen atoms in total. The third kappa shape index (κ3) is 2.19. The van der Waals surface area contributed by atoms with Gasteiger partial charge in [-0.1, -0.05) is 19.1 Å². The van der Waals surface area contributed by atoms with Gasteiger partial charge < -0.3 is 10.1 Å². The summed E-state index contributed by atoms with van der Waals surface area (Å²) in [5.74, 6) is -0.315. The lowest BCUT2D eigenvalue weighted by Crippen LogP contribution is -2.15. The SMILES string of the molecule is CCc1c(CO)c(-c2ccc(F)cc2)c[nH]c1=O. The second-order valence-electron chi connectivity index (χ2n) is 4.01. The smallest absolute Gasteiger partial charge is 0.251 e. The Morgan fingerprint density at radius 3 is 2.44 bits per heavy atom. The number of nitrogens with one attached hydrogen (secondary N) is 1. The number of aromatic amines is 1. The fourth-order valence-corrected chi connectivity index (χ4v) is 2.05. The van der Waals surface area contributed by atoms with Crippen molar-refractivity contribution in [2.24, 2.45) is 0 Å². The molecule has 0 aliphatic carbocycles. The second-order valence-corrected chi connectivity index (χ2v) is 4.01. The highest BCUT2D eigenvalue weighted by atomic mass is 19.1. The summed E-state index contributed by atoms with van der Waals surface area (Å²) in [5.41, 5.74) is 2.49.